The number of imidazole rings is 1. The Labute approximate surface area is 141 Å². The fourth-order valence-corrected chi connectivity index (χ4v) is 4.84. The Bertz CT molecular complexity index is 803. The summed E-state index contributed by atoms with van der Waals surface area (Å²) in [6.07, 6.45) is 3.49. The molecule has 0 saturated carbocycles. The number of aromatic nitrogens is 2. The molecular formula is C15H19ClN4O2S. The summed E-state index contributed by atoms with van der Waals surface area (Å²) in [5, 5.41) is 0.246. The van der Waals surface area contributed by atoms with Gasteiger partial charge in [-0.25, -0.2) is 13.4 Å². The van der Waals surface area contributed by atoms with E-state index in [0.717, 1.165) is 12.2 Å². The molecule has 1 aliphatic heterocycles. The van der Waals surface area contributed by atoms with Crippen LogP contribution in [0.4, 0.5) is 0 Å². The lowest BCUT2D eigenvalue weighted by Crippen LogP contribution is -2.43. The molecule has 2 heterocycles. The molecule has 0 saturated heterocycles. The first-order valence-electron chi connectivity index (χ1n) is 7.29. The predicted molar refractivity (Wildman–Crippen MR) is 88.9 cm³/mol. The normalized spacial score (nSPS) is 19.0. The molecule has 0 aliphatic carbocycles. The Morgan fingerprint density at radius 3 is 2.78 bits per heavy atom. The van der Waals surface area contributed by atoms with Gasteiger partial charge in [0.05, 0.1) is 29.6 Å². The highest BCUT2D eigenvalue weighted by Gasteiger charge is 2.34. The quantitative estimate of drug-likeness (QED) is 0.840. The van der Waals surface area contributed by atoms with Crippen LogP contribution in [0.2, 0.25) is 5.02 Å². The lowest BCUT2D eigenvalue weighted by Gasteiger charge is -2.35. The topological polar surface area (TPSA) is 58.4 Å². The highest BCUT2D eigenvalue weighted by Crippen LogP contribution is 2.30. The molecule has 23 heavy (non-hydrogen) atoms. The van der Waals surface area contributed by atoms with E-state index in [1.807, 2.05) is 19.0 Å². The van der Waals surface area contributed by atoms with E-state index in [4.69, 9.17) is 11.6 Å². The molecule has 1 aromatic carbocycles. The summed E-state index contributed by atoms with van der Waals surface area (Å²) in [6.45, 7) is 1.44. The van der Waals surface area contributed by atoms with Crippen molar-refractivity contribution >= 4 is 21.6 Å². The summed E-state index contributed by atoms with van der Waals surface area (Å²) >= 11 is 6.10. The van der Waals surface area contributed by atoms with Crippen LogP contribution >= 0.6 is 11.6 Å². The maximum atomic E-state index is 13.0. The van der Waals surface area contributed by atoms with Crippen LogP contribution in [0.5, 0.6) is 0 Å². The van der Waals surface area contributed by atoms with Gasteiger partial charge in [0, 0.05) is 19.3 Å². The van der Waals surface area contributed by atoms with Crippen LogP contribution in [0, 0.1) is 0 Å². The van der Waals surface area contributed by atoms with Gasteiger partial charge >= 0.3 is 0 Å². The van der Waals surface area contributed by atoms with E-state index < -0.39 is 10.0 Å². The molecule has 3 rings (SSSR count). The van der Waals surface area contributed by atoms with E-state index in [9.17, 15) is 8.42 Å². The summed E-state index contributed by atoms with van der Waals surface area (Å²) in [5.74, 6) is 0. The lowest BCUT2D eigenvalue weighted by molar-refractivity contribution is 0.234. The van der Waals surface area contributed by atoms with Gasteiger partial charge in [0.25, 0.3) is 0 Å². The largest absolute Gasteiger partial charge is 0.328 e. The molecule has 1 atom stereocenters. The molecule has 1 aliphatic rings. The third-order valence-corrected chi connectivity index (χ3v) is 6.23. The van der Waals surface area contributed by atoms with Gasteiger partial charge in [0.1, 0.15) is 4.90 Å². The van der Waals surface area contributed by atoms with Gasteiger partial charge in [-0.2, -0.15) is 4.31 Å². The third kappa shape index (κ3) is 3.14. The minimum absolute atomic E-state index is 0.0218. The first-order valence-corrected chi connectivity index (χ1v) is 9.11. The molecule has 0 radical (unpaired) electrons. The Morgan fingerprint density at radius 2 is 2.09 bits per heavy atom. The van der Waals surface area contributed by atoms with Crippen molar-refractivity contribution in [1.82, 2.24) is 18.8 Å². The summed E-state index contributed by atoms with van der Waals surface area (Å²) in [7, 11) is 0.300. The molecule has 0 N–H and O–H groups in total. The first kappa shape index (κ1) is 16.4. The van der Waals surface area contributed by atoms with Crippen LogP contribution in [0.15, 0.2) is 41.7 Å². The van der Waals surface area contributed by atoms with E-state index in [-0.39, 0.29) is 16.0 Å². The number of benzene rings is 1. The van der Waals surface area contributed by atoms with E-state index in [0.29, 0.717) is 13.1 Å². The molecule has 6 nitrogen and oxygen atoms in total. The Hall–Kier alpha value is -1.41. The van der Waals surface area contributed by atoms with Gasteiger partial charge in [-0.15, -0.1) is 0 Å². The highest BCUT2D eigenvalue weighted by atomic mass is 35.5. The highest BCUT2D eigenvalue weighted by molar-refractivity contribution is 7.89. The molecule has 0 amide bonds. The maximum Gasteiger partial charge on any atom is 0.244 e. The second kappa shape index (κ2) is 6.24. The van der Waals surface area contributed by atoms with E-state index >= 15 is 0 Å². The van der Waals surface area contributed by atoms with E-state index in [2.05, 4.69) is 9.55 Å². The van der Waals surface area contributed by atoms with Crippen molar-refractivity contribution in [3.05, 3.63) is 47.5 Å². The summed E-state index contributed by atoms with van der Waals surface area (Å²) in [4.78, 5) is 6.36. The number of halogens is 1. The standard InChI is InChI=1S/C15H19ClN4O2S/c1-18(2)8-13-10-19(9-12-7-17-11-20(12)13)23(21,22)15-6-4-3-5-14(15)16/h3-7,11,13H,8-10H2,1-2H3. The van der Waals surface area contributed by atoms with Crippen LogP contribution in [0.25, 0.3) is 0 Å². The second-order valence-electron chi connectivity index (χ2n) is 5.94. The second-order valence-corrected chi connectivity index (χ2v) is 8.25. The molecule has 0 spiro atoms. The maximum absolute atomic E-state index is 13.0. The zero-order valence-electron chi connectivity index (χ0n) is 13.1. The minimum atomic E-state index is -3.64. The number of likely N-dealkylation sites (N-methyl/N-ethyl adjacent to an activating group) is 1. The summed E-state index contributed by atoms with van der Waals surface area (Å²) in [5.41, 5.74) is 0.888. The lowest BCUT2D eigenvalue weighted by atomic mass is 10.2. The number of hydrogen-bond donors (Lipinski definition) is 0. The summed E-state index contributed by atoms with van der Waals surface area (Å²) in [6, 6.07) is 6.57. The molecular weight excluding hydrogens is 336 g/mol. The van der Waals surface area contributed by atoms with Crippen LogP contribution in [-0.4, -0.2) is 54.4 Å². The van der Waals surface area contributed by atoms with Crippen molar-refractivity contribution < 1.29 is 8.42 Å². The van der Waals surface area contributed by atoms with Crippen molar-refractivity contribution in [3.63, 3.8) is 0 Å². The van der Waals surface area contributed by atoms with Crippen molar-refractivity contribution in [1.29, 1.82) is 0 Å². The predicted octanol–water partition coefficient (Wildman–Crippen LogP) is 1.84. The van der Waals surface area contributed by atoms with Crippen LogP contribution in [0.1, 0.15) is 11.7 Å². The average Bonchev–Trinajstić information content (AvgIpc) is 2.95. The van der Waals surface area contributed by atoms with Crippen molar-refractivity contribution in [2.45, 2.75) is 17.5 Å². The van der Waals surface area contributed by atoms with Gasteiger partial charge in [-0.3, -0.25) is 0 Å². The number of nitrogens with zero attached hydrogens (tertiary/aromatic N) is 4. The summed E-state index contributed by atoms with van der Waals surface area (Å²) < 4.78 is 29.5. The van der Waals surface area contributed by atoms with Gasteiger partial charge in [0.2, 0.25) is 10.0 Å². The van der Waals surface area contributed by atoms with Gasteiger partial charge in [-0.05, 0) is 26.2 Å². The fourth-order valence-electron chi connectivity index (χ4n) is 2.89. The van der Waals surface area contributed by atoms with Crippen molar-refractivity contribution in [3.8, 4) is 0 Å². The smallest absolute Gasteiger partial charge is 0.244 e. The van der Waals surface area contributed by atoms with Crippen molar-refractivity contribution in [2.24, 2.45) is 0 Å². The first-order chi connectivity index (χ1) is 10.9. The zero-order valence-corrected chi connectivity index (χ0v) is 14.6. The minimum Gasteiger partial charge on any atom is -0.328 e. The molecule has 1 aromatic heterocycles. The Balaban J connectivity index is 1.97. The number of fused-ring (bicyclic) bond motifs is 1. The average molecular weight is 355 g/mol. The third-order valence-electron chi connectivity index (χ3n) is 3.92. The fraction of sp³-hybridized carbons (Fsp3) is 0.400. The molecule has 8 heteroatoms. The van der Waals surface area contributed by atoms with Gasteiger partial charge in [-0.1, -0.05) is 23.7 Å². The van der Waals surface area contributed by atoms with Crippen LogP contribution in [-0.2, 0) is 16.6 Å². The number of rotatable bonds is 4. The van der Waals surface area contributed by atoms with Crippen LogP contribution < -0.4 is 0 Å². The molecule has 124 valence electrons. The van der Waals surface area contributed by atoms with Gasteiger partial charge < -0.3 is 9.47 Å². The Kier molecular flexibility index (Phi) is 4.46. The molecule has 2 aromatic rings. The molecule has 0 fully saturated rings. The van der Waals surface area contributed by atoms with Crippen LogP contribution in [0.3, 0.4) is 0 Å². The van der Waals surface area contributed by atoms with Crippen molar-refractivity contribution in [2.75, 3.05) is 27.2 Å². The van der Waals surface area contributed by atoms with E-state index in [1.165, 1.54) is 4.31 Å². The number of hydrogen-bond acceptors (Lipinski definition) is 4. The molecule has 1 unspecified atom stereocenters. The van der Waals surface area contributed by atoms with E-state index in [1.54, 1.807) is 36.8 Å². The van der Waals surface area contributed by atoms with Gasteiger partial charge in [0.15, 0.2) is 0 Å². The molecule has 0 bridgehead atoms. The number of sulfonamides is 1. The Morgan fingerprint density at radius 1 is 1.35 bits per heavy atom. The SMILES string of the molecule is CN(C)CC1CN(S(=O)(=O)c2ccccc2Cl)Cc2cncn21. The monoisotopic (exact) mass is 354 g/mol. The zero-order chi connectivity index (χ0) is 16.6.